The maximum atomic E-state index is 4.62. The van der Waals surface area contributed by atoms with Crippen LogP contribution in [0.3, 0.4) is 0 Å². The van der Waals surface area contributed by atoms with Gasteiger partial charge in [-0.1, -0.05) is 36.4 Å². The van der Waals surface area contributed by atoms with Gasteiger partial charge in [-0.05, 0) is 18.7 Å². The summed E-state index contributed by atoms with van der Waals surface area (Å²) in [6.45, 7) is 6.06. The Hall–Kier alpha value is -1.91. The van der Waals surface area contributed by atoms with Crippen molar-refractivity contribution >= 4 is 5.82 Å². The Balaban J connectivity index is 1.61. The van der Waals surface area contributed by atoms with E-state index >= 15 is 0 Å². The van der Waals surface area contributed by atoms with Gasteiger partial charge >= 0.3 is 0 Å². The van der Waals surface area contributed by atoms with Gasteiger partial charge in [0.05, 0.1) is 0 Å². The molecular weight excluding hydrogens is 272 g/mol. The monoisotopic (exact) mass is 296 g/mol. The minimum atomic E-state index is 0.852. The van der Waals surface area contributed by atoms with Crippen molar-refractivity contribution in [2.45, 2.75) is 13.1 Å². The largest absolute Gasteiger partial charge is 0.354 e. The van der Waals surface area contributed by atoms with Gasteiger partial charge in [0.25, 0.3) is 0 Å². The van der Waals surface area contributed by atoms with E-state index < -0.39 is 0 Å². The first-order chi connectivity index (χ1) is 10.8. The standard InChI is InChI=1S/C18H24N4/c1-21-10-12-22(13-11-21)18-17(8-5-9-20-18)15-19-14-16-6-3-2-4-7-16/h2-9,19H,10-15H2,1H3. The average Bonchev–Trinajstić information content (AvgIpc) is 2.57. The predicted molar refractivity (Wildman–Crippen MR) is 90.9 cm³/mol. The Kier molecular flexibility index (Phi) is 5.03. The van der Waals surface area contributed by atoms with Crippen LogP contribution in [0, 0.1) is 0 Å². The van der Waals surface area contributed by atoms with Crippen LogP contribution in [0.2, 0.25) is 0 Å². The summed E-state index contributed by atoms with van der Waals surface area (Å²) < 4.78 is 0. The van der Waals surface area contributed by atoms with Crippen LogP contribution >= 0.6 is 0 Å². The van der Waals surface area contributed by atoms with Crippen molar-refractivity contribution in [1.82, 2.24) is 15.2 Å². The summed E-state index contributed by atoms with van der Waals surface area (Å²) in [6, 6.07) is 14.7. The van der Waals surface area contributed by atoms with Gasteiger partial charge in [-0.2, -0.15) is 0 Å². The third kappa shape index (κ3) is 3.84. The summed E-state index contributed by atoms with van der Waals surface area (Å²) >= 11 is 0. The topological polar surface area (TPSA) is 31.4 Å². The van der Waals surface area contributed by atoms with Crippen LogP contribution in [-0.2, 0) is 13.1 Å². The van der Waals surface area contributed by atoms with Crippen LogP contribution in [0.4, 0.5) is 5.82 Å². The maximum Gasteiger partial charge on any atom is 0.133 e. The molecule has 0 unspecified atom stereocenters. The van der Waals surface area contributed by atoms with Gasteiger partial charge in [0.15, 0.2) is 0 Å². The Morgan fingerprint density at radius 2 is 1.73 bits per heavy atom. The Labute approximate surface area is 132 Å². The molecule has 1 aliphatic heterocycles. The molecule has 0 aliphatic carbocycles. The number of hydrogen-bond donors (Lipinski definition) is 1. The number of nitrogens with zero attached hydrogens (tertiary/aromatic N) is 3. The van der Waals surface area contributed by atoms with Gasteiger partial charge in [-0.3, -0.25) is 0 Å². The average molecular weight is 296 g/mol. The van der Waals surface area contributed by atoms with Crippen molar-refractivity contribution in [1.29, 1.82) is 0 Å². The van der Waals surface area contributed by atoms with Crippen LogP contribution in [0.25, 0.3) is 0 Å². The van der Waals surface area contributed by atoms with Crippen LogP contribution < -0.4 is 10.2 Å². The third-order valence-corrected chi connectivity index (χ3v) is 4.16. The first-order valence-corrected chi connectivity index (χ1v) is 7.95. The lowest BCUT2D eigenvalue weighted by Crippen LogP contribution is -2.45. The summed E-state index contributed by atoms with van der Waals surface area (Å²) in [5, 5.41) is 3.53. The van der Waals surface area contributed by atoms with E-state index in [4.69, 9.17) is 0 Å². The highest BCUT2D eigenvalue weighted by Gasteiger charge is 2.17. The van der Waals surface area contributed by atoms with E-state index in [9.17, 15) is 0 Å². The second kappa shape index (κ2) is 7.38. The number of pyridine rings is 1. The zero-order chi connectivity index (χ0) is 15.2. The van der Waals surface area contributed by atoms with E-state index in [-0.39, 0.29) is 0 Å². The molecule has 0 spiro atoms. The van der Waals surface area contributed by atoms with Crippen molar-refractivity contribution in [2.24, 2.45) is 0 Å². The number of piperazine rings is 1. The van der Waals surface area contributed by atoms with Crippen LogP contribution in [0.15, 0.2) is 48.7 Å². The Morgan fingerprint density at radius 1 is 0.955 bits per heavy atom. The highest BCUT2D eigenvalue weighted by Crippen LogP contribution is 2.18. The normalized spacial score (nSPS) is 16.0. The number of hydrogen-bond acceptors (Lipinski definition) is 4. The van der Waals surface area contributed by atoms with E-state index in [1.54, 1.807) is 0 Å². The van der Waals surface area contributed by atoms with Crippen molar-refractivity contribution in [3.8, 4) is 0 Å². The summed E-state index contributed by atoms with van der Waals surface area (Å²) in [4.78, 5) is 9.39. The predicted octanol–water partition coefficient (Wildman–Crippen LogP) is 2.12. The van der Waals surface area contributed by atoms with Crippen LogP contribution in [-0.4, -0.2) is 43.1 Å². The minimum absolute atomic E-state index is 0.852. The molecule has 1 N–H and O–H groups in total. The zero-order valence-electron chi connectivity index (χ0n) is 13.2. The molecule has 1 fully saturated rings. The maximum absolute atomic E-state index is 4.62. The third-order valence-electron chi connectivity index (χ3n) is 4.16. The van der Waals surface area contributed by atoms with Gasteiger partial charge in [0, 0.05) is 51.0 Å². The number of likely N-dealkylation sites (N-methyl/N-ethyl adjacent to an activating group) is 1. The molecule has 0 bridgehead atoms. The molecule has 0 saturated carbocycles. The fraction of sp³-hybridized carbons (Fsp3) is 0.389. The van der Waals surface area contributed by atoms with E-state index in [1.165, 1.54) is 11.1 Å². The second-order valence-electron chi connectivity index (χ2n) is 5.87. The van der Waals surface area contributed by atoms with Gasteiger partial charge in [0.2, 0.25) is 0 Å². The number of rotatable bonds is 5. The molecule has 0 atom stereocenters. The molecule has 1 aromatic heterocycles. The van der Waals surface area contributed by atoms with Gasteiger partial charge in [-0.15, -0.1) is 0 Å². The van der Waals surface area contributed by atoms with E-state index in [2.05, 4.69) is 63.5 Å². The molecule has 2 aromatic rings. The van der Waals surface area contributed by atoms with Crippen LogP contribution in [0.5, 0.6) is 0 Å². The van der Waals surface area contributed by atoms with Crippen molar-refractivity contribution < 1.29 is 0 Å². The SMILES string of the molecule is CN1CCN(c2ncccc2CNCc2ccccc2)CC1. The molecular formula is C18H24N4. The quantitative estimate of drug-likeness (QED) is 0.916. The molecule has 4 heteroatoms. The molecule has 1 aromatic carbocycles. The Morgan fingerprint density at radius 3 is 2.50 bits per heavy atom. The van der Waals surface area contributed by atoms with E-state index in [0.717, 1.165) is 45.1 Å². The molecule has 0 radical (unpaired) electrons. The second-order valence-corrected chi connectivity index (χ2v) is 5.87. The van der Waals surface area contributed by atoms with Crippen molar-refractivity contribution in [3.05, 3.63) is 59.8 Å². The minimum Gasteiger partial charge on any atom is -0.354 e. The molecule has 22 heavy (non-hydrogen) atoms. The summed E-state index contributed by atoms with van der Waals surface area (Å²) in [5.41, 5.74) is 2.59. The van der Waals surface area contributed by atoms with Gasteiger partial charge in [-0.25, -0.2) is 4.98 Å². The lowest BCUT2D eigenvalue weighted by molar-refractivity contribution is 0.311. The first-order valence-electron chi connectivity index (χ1n) is 7.95. The molecule has 2 heterocycles. The summed E-state index contributed by atoms with van der Waals surface area (Å²) in [5.74, 6) is 1.14. The highest BCUT2D eigenvalue weighted by atomic mass is 15.3. The summed E-state index contributed by atoms with van der Waals surface area (Å²) in [6.07, 6.45) is 1.90. The molecule has 0 amide bonds. The molecule has 1 aliphatic rings. The molecule has 116 valence electrons. The van der Waals surface area contributed by atoms with Crippen LogP contribution in [0.1, 0.15) is 11.1 Å². The molecule has 1 saturated heterocycles. The van der Waals surface area contributed by atoms with E-state index in [0.29, 0.717) is 0 Å². The first kappa shape index (κ1) is 15.0. The smallest absolute Gasteiger partial charge is 0.133 e. The lowest BCUT2D eigenvalue weighted by atomic mass is 10.2. The summed E-state index contributed by atoms with van der Waals surface area (Å²) in [7, 11) is 2.18. The number of anilines is 1. The zero-order valence-corrected chi connectivity index (χ0v) is 13.2. The van der Waals surface area contributed by atoms with Gasteiger partial charge in [0.1, 0.15) is 5.82 Å². The van der Waals surface area contributed by atoms with Crippen molar-refractivity contribution in [3.63, 3.8) is 0 Å². The molecule has 3 rings (SSSR count). The number of benzene rings is 1. The number of nitrogens with one attached hydrogen (secondary N) is 1. The van der Waals surface area contributed by atoms with Crippen molar-refractivity contribution in [2.75, 3.05) is 38.1 Å². The lowest BCUT2D eigenvalue weighted by Gasteiger charge is -2.34. The van der Waals surface area contributed by atoms with Gasteiger partial charge < -0.3 is 15.1 Å². The Bertz CT molecular complexity index is 577. The molecule has 4 nitrogen and oxygen atoms in total. The fourth-order valence-electron chi connectivity index (χ4n) is 2.81. The highest BCUT2D eigenvalue weighted by molar-refractivity contribution is 5.47. The fourth-order valence-corrected chi connectivity index (χ4v) is 2.81. The number of aromatic nitrogens is 1. The van der Waals surface area contributed by atoms with E-state index in [1.807, 2.05) is 12.3 Å².